The zero-order valence-electron chi connectivity index (χ0n) is 10.8. The Morgan fingerprint density at radius 2 is 2.35 bits per heavy atom. The maximum absolute atomic E-state index is 12.0. The van der Waals surface area contributed by atoms with Crippen LogP contribution in [0.1, 0.15) is 12.8 Å². The molecular weight excluding hydrogens is 346 g/mol. The van der Waals surface area contributed by atoms with Gasteiger partial charge in [0.15, 0.2) is 6.10 Å². The molecule has 1 unspecified atom stereocenters. The van der Waals surface area contributed by atoms with Gasteiger partial charge >= 0.3 is 0 Å². The van der Waals surface area contributed by atoms with Gasteiger partial charge in [0.1, 0.15) is 5.82 Å². The fourth-order valence-electron chi connectivity index (χ4n) is 2.16. The second-order valence-electron chi connectivity index (χ2n) is 5.05. The van der Waals surface area contributed by atoms with E-state index in [4.69, 9.17) is 16.3 Å². The lowest BCUT2D eigenvalue weighted by molar-refractivity contribution is -0.133. The van der Waals surface area contributed by atoms with E-state index in [0.29, 0.717) is 30.8 Å². The fraction of sp³-hybridized carbons (Fsp3) is 0.538. The first-order chi connectivity index (χ1) is 9.63. The van der Waals surface area contributed by atoms with Crippen molar-refractivity contribution in [2.24, 2.45) is 0 Å². The fourth-order valence-corrected chi connectivity index (χ4v) is 3.05. The first-order valence-corrected chi connectivity index (χ1v) is 7.78. The molecule has 1 saturated heterocycles. The number of morpholine rings is 1. The molecule has 5 nitrogen and oxygen atoms in total. The number of aromatic nitrogens is 1. The predicted octanol–water partition coefficient (Wildman–Crippen LogP) is 1.98. The number of amides is 1. The van der Waals surface area contributed by atoms with Gasteiger partial charge in [0.2, 0.25) is 0 Å². The lowest BCUT2D eigenvalue weighted by atomic mass is 10.2. The van der Waals surface area contributed by atoms with Crippen molar-refractivity contribution in [2.45, 2.75) is 25.0 Å². The summed E-state index contributed by atoms with van der Waals surface area (Å²) in [5, 5.41) is 3.56. The molecule has 1 aromatic rings. The van der Waals surface area contributed by atoms with E-state index in [1.54, 1.807) is 12.3 Å². The second-order valence-corrected chi connectivity index (χ2v) is 6.34. The molecule has 20 heavy (non-hydrogen) atoms. The Bertz CT molecular complexity index is 524. The Balaban J connectivity index is 1.69. The predicted molar refractivity (Wildman–Crippen MR) is 80.1 cm³/mol. The van der Waals surface area contributed by atoms with Crippen LogP contribution in [0.2, 0.25) is 5.02 Å². The Hall–Kier alpha value is -0.850. The summed E-state index contributed by atoms with van der Waals surface area (Å²) in [6.07, 6.45) is 3.32. The van der Waals surface area contributed by atoms with E-state index in [2.05, 4.69) is 26.2 Å². The van der Waals surface area contributed by atoms with Crippen molar-refractivity contribution in [3.05, 3.63) is 21.8 Å². The summed E-state index contributed by atoms with van der Waals surface area (Å²) in [5.74, 6) is 0.768. The van der Waals surface area contributed by atoms with Gasteiger partial charge in [-0.15, -0.1) is 0 Å². The van der Waals surface area contributed by atoms with Gasteiger partial charge < -0.3 is 15.0 Å². The van der Waals surface area contributed by atoms with Crippen molar-refractivity contribution in [1.82, 2.24) is 10.3 Å². The summed E-state index contributed by atoms with van der Waals surface area (Å²) in [6, 6.07) is 2.15. The van der Waals surface area contributed by atoms with Crippen molar-refractivity contribution in [3.63, 3.8) is 0 Å². The zero-order chi connectivity index (χ0) is 14.1. The number of nitrogens with one attached hydrogen (secondary N) is 1. The molecule has 0 spiro atoms. The minimum absolute atomic E-state index is 0.0257. The van der Waals surface area contributed by atoms with Gasteiger partial charge in [-0.1, -0.05) is 11.6 Å². The van der Waals surface area contributed by atoms with E-state index < -0.39 is 6.10 Å². The number of pyridine rings is 1. The van der Waals surface area contributed by atoms with Crippen molar-refractivity contribution < 1.29 is 9.53 Å². The van der Waals surface area contributed by atoms with Gasteiger partial charge in [-0.25, -0.2) is 4.98 Å². The first-order valence-electron chi connectivity index (χ1n) is 6.61. The number of hydrogen-bond donors (Lipinski definition) is 1. The molecule has 2 heterocycles. The minimum Gasteiger partial charge on any atom is -0.365 e. The zero-order valence-corrected chi connectivity index (χ0v) is 13.2. The molecule has 2 aliphatic rings. The molecule has 2 fully saturated rings. The molecule has 1 amide bonds. The minimum atomic E-state index is -0.436. The van der Waals surface area contributed by atoms with Crippen molar-refractivity contribution >= 4 is 39.3 Å². The van der Waals surface area contributed by atoms with Crippen LogP contribution < -0.4 is 10.2 Å². The third-order valence-corrected chi connectivity index (χ3v) is 4.16. The molecule has 1 atom stereocenters. The van der Waals surface area contributed by atoms with Crippen LogP contribution >= 0.6 is 27.5 Å². The van der Waals surface area contributed by atoms with E-state index in [-0.39, 0.29) is 5.91 Å². The monoisotopic (exact) mass is 359 g/mol. The van der Waals surface area contributed by atoms with E-state index >= 15 is 0 Å². The molecule has 1 saturated carbocycles. The highest BCUT2D eigenvalue weighted by atomic mass is 79.9. The van der Waals surface area contributed by atoms with Crippen LogP contribution in [0.4, 0.5) is 5.82 Å². The lowest BCUT2D eigenvalue weighted by Gasteiger charge is -2.33. The van der Waals surface area contributed by atoms with Crippen molar-refractivity contribution in [3.8, 4) is 0 Å². The highest BCUT2D eigenvalue weighted by molar-refractivity contribution is 9.10. The van der Waals surface area contributed by atoms with Crippen LogP contribution in [-0.4, -0.2) is 42.7 Å². The molecule has 0 aromatic carbocycles. The highest BCUT2D eigenvalue weighted by Gasteiger charge is 2.32. The Morgan fingerprint density at radius 3 is 3.05 bits per heavy atom. The second kappa shape index (κ2) is 5.87. The van der Waals surface area contributed by atoms with Crippen molar-refractivity contribution in [2.75, 3.05) is 24.6 Å². The van der Waals surface area contributed by atoms with Crippen LogP contribution in [0.3, 0.4) is 0 Å². The van der Waals surface area contributed by atoms with Gasteiger partial charge in [-0.3, -0.25) is 4.79 Å². The number of rotatable bonds is 3. The standard InChI is InChI=1S/C13H15BrClN3O2/c14-10-5-8(15)6-16-12(10)18-3-4-20-11(7-18)13(19)17-9-1-2-9/h5-6,9,11H,1-4,7H2,(H,17,19). The Labute approximate surface area is 130 Å². The molecule has 1 N–H and O–H groups in total. The maximum atomic E-state index is 12.0. The average Bonchev–Trinajstić information content (AvgIpc) is 3.23. The first kappa shape index (κ1) is 14.1. The van der Waals surface area contributed by atoms with E-state index in [1.807, 2.05) is 4.90 Å². The SMILES string of the molecule is O=C(NC1CC1)C1CN(c2ncc(Cl)cc2Br)CCO1. The van der Waals surface area contributed by atoms with Gasteiger partial charge in [0.05, 0.1) is 22.6 Å². The van der Waals surface area contributed by atoms with Crippen LogP contribution in [0.5, 0.6) is 0 Å². The Kier molecular flexibility index (Phi) is 4.14. The van der Waals surface area contributed by atoms with E-state index in [0.717, 1.165) is 23.1 Å². The molecule has 1 aliphatic carbocycles. The molecule has 0 bridgehead atoms. The van der Waals surface area contributed by atoms with E-state index in [1.165, 1.54) is 0 Å². The molecule has 108 valence electrons. The third-order valence-electron chi connectivity index (χ3n) is 3.37. The van der Waals surface area contributed by atoms with Gasteiger partial charge in [0.25, 0.3) is 5.91 Å². The van der Waals surface area contributed by atoms with Crippen LogP contribution in [0.25, 0.3) is 0 Å². The van der Waals surface area contributed by atoms with Crippen LogP contribution in [-0.2, 0) is 9.53 Å². The quantitative estimate of drug-likeness (QED) is 0.895. The van der Waals surface area contributed by atoms with Gasteiger partial charge in [-0.05, 0) is 34.8 Å². The molecule has 7 heteroatoms. The highest BCUT2D eigenvalue weighted by Crippen LogP contribution is 2.28. The number of anilines is 1. The topological polar surface area (TPSA) is 54.5 Å². The number of nitrogens with zero attached hydrogens (tertiary/aromatic N) is 2. The molecule has 1 aliphatic heterocycles. The maximum Gasteiger partial charge on any atom is 0.251 e. The number of halogens is 2. The summed E-state index contributed by atoms with van der Waals surface area (Å²) >= 11 is 9.36. The van der Waals surface area contributed by atoms with Gasteiger partial charge in [-0.2, -0.15) is 0 Å². The molecular formula is C13H15BrClN3O2. The largest absolute Gasteiger partial charge is 0.365 e. The molecule has 0 radical (unpaired) electrons. The smallest absolute Gasteiger partial charge is 0.251 e. The number of carbonyl (C=O) groups excluding carboxylic acids is 1. The summed E-state index contributed by atoms with van der Waals surface area (Å²) in [5.41, 5.74) is 0. The summed E-state index contributed by atoms with van der Waals surface area (Å²) in [7, 11) is 0. The summed E-state index contributed by atoms with van der Waals surface area (Å²) < 4.78 is 6.39. The number of hydrogen-bond acceptors (Lipinski definition) is 4. The van der Waals surface area contributed by atoms with Gasteiger partial charge in [0, 0.05) is 18.8 Å². The lowest BCUT2D eigenvalue weighted by Crippen LogP contribution is -2.50. The number of carbonyl (C=O) groups is 1. The van der Waals surface area contributed by atoms with Crippen LogP contribution in [0, 0.1) is 0 Å². The molecule has 1 aromatic heterocycles. The molecule has 3 rings (SSSR count). The normalized spacial score (nSPS) is 22.7. The number of ether oxygens (including phenoxy) is 1. The van der Waals surface area contributed by atoms with Crippen molar-refractivity contribution in [1.29, 1.82) is 0 Å². The van der Waals surface area contributed by atoms with E-state index in [9.17, 15) is 4.79 Å². The third kappa shape index (κ3) is 3.24. The average molecular weight is 361 g/mol. The Morgan fingerprint density at radius 1 is 1.55 bits per heavy atom. The summed E-state index contributed by atoms with van der Waals surface area (Å²) in [4.78, 5) is 18.4. The summed E-state index contributed by atoms with van der Waals surface area (Å²) in [6.45, 7) is 1.73. The van der Waals surface area contributed by atoms with Crippen LogP contribution in [0.15, 0.2) is 16.7 Å².